The van der Waals surface area contributed by atoms with E-state index in [1.54, 1.807) is 11.8 Å². The summed E-state index contributed by atoms with van der Waals surface area (Å²) >= 11 is 5.12. The lowest BCUT2D eigenvalue weighted by molar-refractivity contribution is -0.113. The minimum Gasteiger partial charge on any atom is -0.325 e. The topological polar surface area (TPSA) is 29.1 Å². The Kier molecular flexibility index (Phi) is 5.68. The van der Waals surface area contributed by atoms with Crippen LogP contribution in [0.15, 0.2) is 53.0 Å². The molecule has 1 N–H and O–H groups in total. The van der Waals surface area contributed by atoms with E-state index < -0.39 is 0 Å². The summed E-state index contributed by atoms with van der Waals surface area (Å²) in [5.41, 5.74) is 3.24. The van der Waals surface area contributed by atoms with Gasteiger partial charge < -0.3 is 5.32 Å². The van der Waals surface area contributed by atoms with Crippen molar-refractivity contribution in [3.8, 4) is 0 Å². The lowest BCUT2D eigenvalue weighted by Crippen LogP contribution is -2.14. The van der Waals surface area contributed by atoms with E-state index in [9.17, 15) is 4.79 Å². The second-order valence-corrected chi connectivity index (χ2v) is 6.34. The molecule has 0 saturated heterocycles. The molecule has 0 fully saturated rings. The van der Waals surface area contributed by atoms with E-state index in [1.807, 2.05) is 49.4 Å². The predicted molar refractivity (Wildman–Crippen MR) is 90.1 cm³/mol. The van der Waals surface area contributed by atoms with Gasteiger partial charge in [-0.25, -0.2) is 0 Å². The molecule has 1 amide bonds. The molecular weight excluding hydrogens is 334 g/mol. The van der Waals surface area contributed by atoms with Gasteiger partial charge in [-0.3, -0.25) is 4.79 Å². The molecule has 104 valence electrons. The van der Waals surface area contributed by atoms with Crippen molar-refractivity contribution >= 4 is 39.3 Å². The number of rotatable bonds is 5. The zero-order valence-electron chi connectivity index (χ0n) is 11.2. The van der Waals surface area contributed by atoms with Gasteiger partial charge in [0.05, 0.1) is 5.75 Å². The van der Waals surface area contributed by atoms with Crippen molar-refractivity contribution < 1.29 is 4.79 Å². The van der Waals surface area contributed by atoms with Crippen molar-refractivity contribution in [2.24, 2.45) is 0 Å². The Hall–Kier alpha value is -1.26. The summed E-state index contributed by atoms with van der Waals surface area (Å²) in [4.78, 5) is 11.8. The van der Waals surface area contributed by atoms with Crippen LogP contribution in [0.1, 0.15) is 11.1 Å². The Balaban J connectivity index is 1.78. The number of nitrogens with one attached hydrogen (secondary N) is 1. The van der Waals surface area contributed by atoms with Crippen LogP contribution < -0.4 is 5.32 Å². The maximum atomic E-state index is 11.8. The highest BCUT2D eigenvalue weighted by atomic mass is 79.9. The zero-order chi connectivity index (χ0) is 14.4. The number of benzene rings is 2. The van der Waals surface area contributed by atoms with E-state index in [-0.39, 0.29) is 5.91 Å². The van der Waals surface area contributed by atoms with E-state index in [0.29, 0.717) is 5.75 Å². The molecular formula is C16H16BrNOS. The highest BCUT2D eigenvalue weighted by Gasteiger charge is 2.04. The summed E-state index contributed by atoms with van der Waals surface area (Å²) in [5.74, 6) is 1.31. The van der Waals surface area contributed by atoms with Crippen LogP contribution in [0.25, 0.3) is 0 Å². The van der Waals surface area contributed by atoms with Crippen molar-refractivity contribution in [3.63, 3.8) is 0 Å². The third kappa shape index (κ3) is 4.69. The van der Waals surface area contributed by atoms with Crippen LogP contribution in [0.2, 0.25) is 0 Å². The number of carbonyl (C=O) groups excluding carboxylic acids is 1. The summed E-state index contributed by atoms with van der Waals surface area (Å²) < 4.78 is 1.09. The summed E-state index contributed by atoms with van der Waals surface area (Å²) in [5, 5.41) is 2.90. The third-order valence-corrected chi connectivity index (χ3v) is 4.54. The SMILES string of the molecule is Cc1ccc(NC(=O)CSCc2ccccc2Br)cc1. The van der Waals surface area contributed by atoms with Gasteiger partial charge in [0, 0.05) is 15.9 Å². The molecule has 2 aromatic carbocycles. The van der Waals surface area contributed by atoms with Crippen molar-refractivity contribution in [3.05, 3.63) is 64.1 Å². The summed E-state index contributed by atoms with van der Waals surface area (Å²) in [6.45, 7) is 2.03. The van der Waals surface area contributed by atoms with E-state index >= 15 is 0 Å². The van der Waals surface area contributed by atoms with E-state index in [4.69, 9.17) is 0 Å². The maximum absolute atomic E-state index is 11.8. The van der Waals surface area contributed by atoms with E-state index in [2.05, 4.69) is 27.3 Å². The molecule has 2 aromatic rings. The average Bonchev–Trinajstić information content (AvgIpc) is 2.43. The smallest absolute Gasteiger partial charge is 0.234 e. The third-order valence-electron chi connectivity index (χ3n) is 2.78. The summed E-state index contributed by atoms with van der Waals surface area (Å²) in [6, 6.07) is 15.9. The van der Waals surface area contributed by atoms with Crippen molar-refractivity contribution in [2.75, 3.05) is 11.1 Å². The highest BCUT2D eigenvalue weighted by molar-refractivity contribution is 9.10. The zero-order valence-corrected chi connectivity index (χ0v) is 13.6. The quantitative estimate of drug-likeness (QED) is 0.852. The van der Waals surface area contributed by atoms with Crippen LogP contribution in [-0.2, 0) is 10.5 Å². The fourth-order valence-corrected chi connectivity index (χ4v) is 3.14. The number of amides is 1. The molecule has 20 heavy (non-hydrogen) atoms. The maximum Gasteiger partial charge on any atom is 0.234 e. The van der Waals surface area contributed by atoms with Crippen LogP contribution in [0, 0.1) is 6.92 Å². The molecule has 0 aromatic heterocycles. The first-order chi connectivity index (χ1) is 9.65. The van der Waals surface area contributed by atoms with Crippen molar-refractivity contribution in [1.29, 1.82) is 0 Å². The minimum atomic E-state index is 0.0332. The van der Waals surface area contributed by atoms with E-state index in [1.165, 1.54) is 11.1 Å². The van der Waals surface area contributed by atoms with Crippen LogP contribution in [0.3, 0.4) is 0 Å². The number of thioether (sulfide) groups is 1. The Morgan fingerprint density at radius 2 is 1.85 bits per heavy atom. The second kappa shape index (κ2) is 7.50. The minimum absolute atomic E-state index is 0.0332. The molecule has 2 rings (SSSR count). The fourth-order valence-electron chi connectivity index (χ4n) is 1.70. The highest BCUT2D eigenvalue weighted by Crippen LogP contribution is 2.21. The van der Waals surface area contributed by atoms with Crippen LogP contribution in [-0.4, -0.2) is 11.7 Å². The molecule has 0 saturated carbocycles. The normalized spacial score (nSPS) is 10.3. The van der Waals surface area contributed by atoms with E-state index in [0.717, 1.165) is 15.9 Å². The average molecular weight is 350 g/mol. The molecule has 0 atom stereocenters. The molecule has 0 heterocycles. The first-order valence-electron chi connectivity index (χ1n) is 6.33. The molecule has 0 bridgehead atoms. The second-order valence-electron chi connectivity index (χ2n) is 4.50. The largest absolute Gasteiger partial charge is 0.325 e. The first kappa shape index (κ1) is 15.1. The molecule has 2 nitrogen and oxygen atoms in total. The van der Waals surface area contributed by atoms with Crippen LogP contribution >= 0.6 is 27.7 Å². The van der Waals surface area contributed by atoms with Gasteiger partial charge in [0.15, 0.2) is 0 Å². The molecule has 4 heteroatoms. The Morgan fingerprint density at radius 1 is 1.15 bits per heavy atom. The Labute approximate surface area is 132 Å². The Bertz CT molecular complexity index is 583. The lowest BCUT2D eigenvalue weighted by Gasteiger charge is -2.06. The van der Waals surface area contributed by atoms with Gasteiger partial charge in [0.25, 0.3) is 0 Å². The molecule has 0 spiro atoms. The number of aryl methyl sites for hydroxylation is 1. The number of hydrogen-bond acceptors (Lipinski definition) is 2. The Morgan fingerprint density at radius 3 is 2.55 bits per heavy atom. The standard InChI is InChI=1S/C16H16BrNOS/c1-12-6-8-14(9-7-12)18-16(19)11-20-10-13-4-2-3-5-15(13)17/h2-9H,10-11H2,1H3,(H,18,19). The summed E-state index contributed by atoms with van der Waals surface area (Å²) in [7, 11) is 0. The van der Waals surface area contributed by atoms with Crippen LogP contribution in [0.4, 0.5) is 5.69 Å². The number of hydrogen-bond donors (Lipinski definition) is 1. The number of carbonyl (C=O) groups is 1. The van der Waals surface area contributed by atoms with Gasteiger partial charge in [0.2, 0.25) is 5.91 Å². The fraction of sp³-hybridized carbons (Fsp3) is 0.188. The van der Waals surface area contributed by atoms with Gasteiger partial charge in [-0.15, -0.1) is 11.8 Å². The lowest BCUT2D eigenvalue weighted by atomic mass is 10.2. The predicted octanol–water partition coefficient (Wildman–Crippen LogP) is 4.63. The van der Waals surface area contributed by atoms with Gasteiger partial charge in [-0.2, -0.15) is 0 Å². The van der Waals surface area contributed by atoms with Crippen molar-refractivity contribution in [2.45, 2.75) is 12.7 Å². The molecule has 0 aliphatic carbocycles. The summed E-state index contributed by atoms with van der Waals surface area (Å²) in [6.07, 6.45) is 0. The molecule has 0 unspecified atom stereocenters. The number of anilines is 1. The van der Waals surface area contributed by atoms with Crippen molar-refractivity contribution in [1.82, 2.24) is 0 Å². The molecule has 0 radical (unpaired) electrons. The number of halogens is 1. The van der Waals surface area contributed by atoms with Crippen LogP contribution in [0.5, 0.6) is 0 Å². The first-order valence-corrected chi connectivity index (χ1v) is 8.27. The van der Waals surface area contributed by atoms with Gasteiger partial charge in [0.1, 0.15) is 0 Å². The van der Waals surface area contributed by atoms with Gasteiger partial charge in [-0.05, 0) is 30.7 Å². The van der Waals surface area contributed by atoms with Gasteiger partial charge in [-0.1, -0.05) is 51.8 Å². The monoisotopic (exact) mass is 349 g/mol. The molecule has 0 aliphatic heterocycles. The van der Waals surface area contributed by atoms with Gasteiger partial charge >= 0.3 is 0 Å². The molecule has 0 aliphatic rings.